The van der Waals surface area contributed by atoms with Gasteiger partial charge in [0.15, 0.2) is 0 Å². The fourth-order valence-electron chi connectivity index (χ4n) is 3.79. The van der Waals surface area contributed by atoms with Crippen LogP contribution in [-0.2, 0) is 22.7 Å². The first-order valence-electron chi connectivity index (χ1n) is 9.54. The lowest BCUT2D eigenvalue weighted by Crippen LogP contribution is -2.38. The van der Waals surface area contributed by atoms with Gasteiger partial charge in [-0.2, -0.15) is 0 Å². The van der Waals surface area contributed by atoms with E-state index in [1.54, 1.807) is 0 Å². The molecule has 1 amide bonds. The van der Waals surface area contributed by atoms with Crippen molar-refractivity contribution in [2.24, 2.45) is 0 Å². The van der Waals surface area contributed by atoms with E-state index in [2.05, 4.69) is 16.8 Å². The van der Waals surface area contributed by atoms with Crippen LogP contribution in [0.5, 0.6) is 0 Å². The van der Waals surface area contributed by atoms with E-state index in [-0.39, 0.29) is 18.6 Å². The van der Waals surface area contributed by atoms with Gasteiger partial charge in [-0.05, 0) is 35.7 Å². The Morgan fingerprint density at radius 1 is 1.00 bits per heavy atom. The van der Waals surface area contributed by atoms with E-state index in [0.717, 1.165) is 29.8 Å². The number of carbonyl (C=O) groups is 1. The van der Waals surface area contributed by atoms with Crippen LogP contribution < -0.4 is 0 Å². The summed E-state index contributed by atoms with van der Waals surface area (Å²) in [6.45, 7) is 2.03. The van der Waals surface area contributed by atoms with E-state index in [9.17, 15) is 4.79 Å². The molecule has 0 saturated carbocycles. The molecule has 144 valence electrons. The Hall–Kier alpha value is -2.56. The number of aromatic nitrogens is 1. The van der Waals surface area contributed by atoms with Crippen LogP contribution in [0.15, 0.2) is 72.9 Å². The number of hydrogen-bond donors (Lipinski definition) is 0. The lowest BCUT2D eigenvalue weighted by molar-refractivity contribution is -0.138. The van der Waals surface area contributed by atoms with Crippen molar-refractivity contribution in [1.82, 2.24) is 9.47 Å². The Kier molecular flexibility index (Phi) is 5.79. The minimum atomic E-state index is -0.209. The third kappa shape index (κ3) is 3.98. The van der Waals surface area contributed by atoms with Crippen LogP contribution >= 0.6 is 11.6 Å². The molecule has 2 aromatic carbocycles. The number of fused-ring (bicyclic) bond motifs is 1. The Morgan fingerprint density at radius 2 is 1.79 bits per heavy atom. The largest absolute Gasteiger partial charge is 0.367 e. The molecule has 4 nitrogen and oxygen atoms in total. The van der Waals surface area contributed by atoms with Crippen molar-refractivity contribution in [3.63, 3.8) is 0 Å². The van der Waals surface area contributed by atoms with Crippen molar-refractivity contribution in [2.45, 2.75) is 25.6 Å². The summed E-state index contributed by atoms with van der Waals surface area (Å²) >= 11 is 6.52. The maximum atomic E-state index is 13.1. The average molecular weight is 395 g/mol. The lowest BCUT2D eigenvalue weighted by atomic mass is 10.0. The highest BCUT2D eigenvalue weighted by atomic mass is 35.5. The number of ether oxygens (including phenoxy) is 1. The zero-order chi connectivity index (χ0) is 19.3. The molecule has 0 radical (unpaired) electrons. The normalized spacial score (nSPS) is 16.5. The summed E-state index contributed by atoms with van der Waals surface area (Å²) in [4.78, 5) is 15.0. The first-order valence-corrected chi connectivity index (χ1v) is 9.92. The van der Waals surface area contributed by atoms with Crippen LogP contribution in [0.4, 0.5) is 0 Å². The molecule has 0 aliphatic carbocycles. The second-order valence-electron chi connectivity index (χ2n) is 6.97. The third-order valence-electron chi connectivity index (χ3n) is 5.11. The standard InChI is InChI=1S/C23H23ClN2O2/c24-20-11-5-4-10-19(20)23-21-12-6-13-25(21)14-7-15-26(23)22(27)17-28-16-18-8-2-1-3-9-18/h1-6,8-13,23H,7,14-17H2. The summed E-state index contributed by atoms with van der Waals surface area (Å²) in [5.41, 5.74) is 3.09. The predicted molar refractivity (Wildman–Crippen MR) is 110 cm³/mol. The average Bonchev–Trinajstić information content (AvgIpc) is 3.10. The second-order valence-corrected chi connectivity index (χ2v) is 7.38. The molecule has 3 aromatic rings. The van der Waals surface area contributed by atoms with Crippen LogP contribution in [-0.4, -0.2) is 28.5 Å². The van der Waals surface area contributed by atoms with Gasteiger partial charge in [0.2, 0.25) is 5.91 Å². The van der Waals surface area contributed by atoms with Crippen LogP contribution in [0.1, 0.15) is 29.3 Å². The molecule has 0 N–H and O–H groups in total. The molecule has 0 spiro atoms. The molecule has 1 aromatic heterocycles. The van der Waals surface area contributed by atoms with Gasteiger partial charge < -0.3 is 14.2 Å². The highest BCUT2D eigenvalue weighted by molar-refractivity contribution is 6.31. The quantitative estimate of drug-likeness (QED) is 0.629. The molecular weight excluding hydrogens is 372 g/mol. The summed E-state index contributed by atoms with van der Waals surface area (Å²) in [6.07, 6.45) is 2.96. The molecule has 1 unspecified atom stereocenters. The van der Waals surface area contributed by atoms with Crippen molar-refractivity contribution in [3.8, 4) is 0 Å². The van der Waals surface area contributed by atoms with Crippen molar-refractivity contribution < 1.29 is 9.53 Å². The minimum Gasteiger partial charge on any atom is -0.367 e. The topological polar surface area (TPSA) is 34.5 Å². The van der Waals surface area contributed by atoms with Crippen molar-refractivity contribution in [2.75, 3.05) is 13.2 Å². The van der Waals surface area contributed by atoms with Gasteiger partial charge in [0.1, 0.15) is 6.61 Å². The number of benzene rings is 2. The highest BCUT2D eigenvalue weighted by Gasteiger charge is 2.31. The van der Waals surface area contributed by atoms with Crippen LogP contribution in [0.2, 0.25) is 5.02 Å². The molecule has 4 rings (SSSR count). The van der Waals surface area contributed by atoms with Gasteiger partial charge in [-0.1, -0.05) is 60.1 Å². The fraction of sp³-hybridized carbons (Fsp3) is 0.261. The van der Waals surface area contributed by atoms with Crippen molar-refractivity contribution >= 4 is 17.5 Å². The molecule has 5 heteroatoms. The van der Waals surface area contributed by atoms with Crippen LogP contribution in [0.25, 0.3) is 0 Å². The molecule has 0 fully saturated rings. The number of amides is 1. The SMILES string of the molecule is O=C(COCc1ccccc1)N1CCCn2cccc2C1c1ccccc1Cl. The number of hydrogen-bond acceptors (Lipinski definition) is 2. The molecule has 1 aliphatic heterocycles. The second kappa shape index (κ2) is 8.63. The Labute approximate surface area is 170 Å². The minimum absolute atomic E-state index is 0.0181. The summed E-state index contributed by atoms with van der Waals surface area (Å²) in [7, 11) is 0. The zero-order valence-corrected chi connectivity index (χ0v) is 16.4. The van der Waals surface area contributed by atoms with Gasteiger partial charge in [0.05, 0.1) is 12.6 Å². The molecule has 0 saturated heterocycles. The molecular formula is C23H23ClN2O2. The zero-order valence-electron chi connectivity index (χ0n) is 15.6. The van der Waals surface area contributed by atoms with E-state index in [4.69, 9.17) is 16.3 Å². The monoisotopic (exact) mass is 394 g/mol. The van der Waals surface area contributed by atoms with E-state index in [1.807, 2.05) is 65.6 Å². The highest BCUT2D eigenvalue weighted by Crippen LogP contribution is 2.35. The Morgan fingerprint density at radius 3 is 2.61 bits per heavy atom. The molecule has 0 bridgehead atoms. The summed E-state index contributed by atoms with van der Waals surface area (Å²) in [6, 6.07) is 21.5. The van der Waals surface area contributed by atoms with Gasteiger partial charge in [-0.25, -0.2) is 0 Å². The first kappa shape index (κ1) is 18.8. The van der Waals surface area contributed by atoms with Gasteiger partial charge >= 0.3 is 0 Å². The summed E-state index contributed by atoms with van der Waals surface area (Å²) < 4.78 is 7.94. The smallest absolute Gasteiger partial charge is 0.249 e. The molecule has 1 atom stereocenters. The van der Waals surface area contributed by atoms with Crippen molar-refractivity contribution in [3.05, 3.63) is 94.8 Å². The van der Waals surface area contributed by atoms with Crippen molar-refractivity contribution in [1.29, 1.82) is 0 Å². The summed E-state index contributed by atoms with van der Waals surface area (Å²) in [5.74, 6) is -0.0181. The van der Waals surface area contributed by atoms with Crippen LogP contribution in [0, 0.1) is 0 Å². The van der Waals surface area contributed by atoms with E-state index < -0.39 is 0 Å². The van der Waals surface area contributed by atoms with Gasteiger partial charge in [-0.3, -0.25) is 4.79 Å². The molecule has 1 aliphatic rings. The lowest BCUT2D eigenvalue weighted by Gasteiger charge is -2.31. The maximum absolute atomic E-state index is 13.1. The van der Waals surface area contributed by atoms with E-state index in [1.165, 1.54) is 0 Å². The Balaban J connectivity index is 1.57. The molecule has 28 heavy (non-hydrogen) atoms. The number of nitrogens with zero attached hydrogens (tertiary/aromatic N) is 2. The van der Waals surface area contributed by atoms with Gasteiger partial charge in [0, 0.05) is 30.0 Å². The van der Waals surface area contributed by atoms with Gasteiger partial charge in [0.25, 0.3) is 0 Å². The van der Waals surface area contributed by atoms with E-state index in [0.29, 0.717) is 18.2 Å². The van der Waals surface area contributed by atoms with E-state index >= 15 is 0 Å². The third-order valence-corrected chi connectivity index (χ3v) is 5.46. The van der Waals surface area contributed by atoms with Gasteiger partial charge in [-0.15, -0.1) is 0 Å². The Bertz CT molecular complexity index is 939. The number of rotatable bonds is 5. The summed E-state index contributed by atoms with van der Waals surface area (Å²) in [5, 5.41) is 0.671. The van der Waals surface area contributed by atoms with Crippen LogP contribution in [0.3, 0.4) is 0 Å². The molecule has 2 heterocycles. The first-order chi connectivity index (χ1) is 13.7. The number of carbonyl (C=O) groups excluding carboxylic acids is 1. The number of halogens is 1. The maximum Gasteiger partial charge on any atom is 0.249 e. The number of aryl methyl sites for hydroxylation is 1. The fourth-order valence-corrected chi connectivity index (χ4v) is 4.02. The predicted octanol–water partition coefficient (Wildman–Crippen LogP) is 4.68.